The predicted octanol–water partition coefficient (Wildman–Crippen LogP) is 4.14. The quantitative estimate of drug-likeness (QED) is 0.884. The van der Waals surface area contributed by atoms with Crippen molar-refractivity contribution in [1.82, 2.24) is 5.32 Å². The summed E-state index contributed by atoms with van der Waals surface area (Å²) in [5.74, 6) is 0.651. The summed E-state index contributed by atoms with van der Waals surface area (Å²) >= 11 is 6.15. The first-order chi connectivity index (χ1) is 8.08. The highest BCUT2D eigenvalue weighted by Crippen LogP contribution is 2.29. The zero-order chi connectivity index (χ0) is 12.4. The molecule has 3 heteroatoms. The second-order valence-electron chi connectivity index (χ2n) is 4.91. The molecule has 0 aliphatic carbocycles. The van der Waals surface area contributed by atoms with Gasteiger partial charge in [-0.3, -0.25) is 0 Å². The number of benzene rings is 1. The highest BCUT2D eigenvalue weighted by Gasteiger charge is 2.09. The molecule has 17 heavy (non-hydrogen) atoms. The molecule has 1 aromatic heterocycles. The van der Waals surface area contributed by atoms with E-state index in [4.69, 9.17) is 16.0 Å². The van der Waals surface area contributed by atoms with Crippen LogP contribution in [0.2, 0.25) is 5.02 Å². The van der Waals surface area contributed by atoms with Crippen molar-refractivity contribution in [1.29, 1.82) is 0 Å². The Labute approximate surface area is 107 Å². The zero-order valence-corrected chi connectivity index (χ0v) is 11.3. The summed E-state index contributed by atoms with van der Waals surface area (Å²) in [7, 11) is 0. The van der Waals surface area contributed by atoms with Gasteiger partial charge in [-0.1, -0.05) is 25.4 Å². The van der Waals surface area contributed by atoms with Crippen molar-refractivity contribution in [2.45, 2.75) is 27.3 Å². The molecule has 2 aromatic rings. The van der Waals surface area contributed by atoms with Gasteiger partial charge in [-0.2, -0.15) is 0 Å². The maximum atomic E-state index is 6.15. The second kappa shape index (κ2) is 5.11. The molecule has 0 spiro atoms. The Kier molecular flexibility index (Phi) is 3.75. The van der Waals surface area contributed by atoms with Crippen LogP contribution in [-0.2, 0) is 6.54 Å². The molecule has 0 bridgehead atoms. The standard InChI is InChI=1S/C14H18ClNO/c1-9(2)6-16-7-11-8-17-14-12(11)4-10(3)5-13(14)15/h4-5,8-9,16H,6-7H2,1-3H3. The molecule has 0 unspecified atom stereocenters. The maximum absolute atomic E-state index is 6.15. The normalized spacial score (nSPS) is 11.6. The van der Waals surface area contributed by atoms with Gasteiger partial charge in [0.15, 0.2) is 5.58 Å². The Morgan fingerprint density at radius 2 is 2.12 bits per heavy atom. The van der Waals surface area contributed by atoms with E-state index in [2.05, 4.69) is 25.2 Å². The number of hydrogen-bond acceptors (Lipinski definition) is 2. The van der Waals surface area contributed by atoms with Gasteiger partial charge in [0.25, 0.3) is 0 Å². The first-order valence-electron chi connectivity index (χ1n) is 5.95. The van der Waals surface area contributed by atoms with Crippen LogP contribution in [0.5, 0.6) is 0 Å². The number of furan rings is 1. The number of rotatable bonds is 4. The van der Waals surface area contributed by atoms with Gasteiger partial charge in [-0.05, 0) is 37.1 Å². The van der Waals surface area contributed by atoms with Gasteiger partial charge in [0.1, 0.15) is 0 Å². The molecule has 0 radical (unpaired) electrons. The van der Waals surface area contributed by atoms with Crippen molar-refractivity contribution < 1.29 is 4.42 Å². The Morgan fingerprint density at radius 3 is 2.82 bits per heavy atom. The number of hydrogen-bond donors (Lipinski definition) is 1. The van der Waals surface area contributed by atoms with Crippen molar-refractivity contribution in [3.05, 3.63) is 34.5 Å². The van der Waals surface area contributed by atoms with E-state index in [0.717, 1.165) is 29.6 Å². The highest BCUT2D eigenvalue weighted by atomic mass is 35.5. The van der Waals surface area contributed by atoms with Crippen molar-refractivity contribution in [2.75, 3.05) is 6.54 Å². The van der Waals surface area contributed by atoms with E-state index < -0.39 is 0 Å². The molecule has 0 aliphatic rings. The van der Waals surface area contributed by atoms with Gasteiger partial charge in [0.05, 0.1) is 11.3 Å². The number of aryl methyl sites for hydroxylation is 1. The van der Waals surface area contributed by atoms with E-state index in [1.807, 2.05) is 13.0 Å². The Hall–Kier alpha value is -0.990. The molecule has 2 rings (SSSR count). The topological polar surface area (TPSA) is 25.2 Å². The van der Waals surface area contributed by atoms with Crippen molar-refractivity contribution >= 4 is 22.6 Å². The van der Waals surface area contributed by atoms with Gasteiger partial charge in [-0.25, -0.2) is 0 Å². The van der Waals surface area contributed by atoms with E-state index in [-0.39, 0.29) is 0 Å². The van der Waals surface area contributed by atoms with Crippen molar-refractivity contribution in [3.8, 4) is 0 Å². The highest BCUT2D eigenvalue weighted by molar-refractivity contribution is 6.35. The molecular weight excluding hydrogens is 234 g/mol. The van der Waals surface area contributed by atoms with Crippen molar-refractivity contribution in [2.24, 2.45) is 5.92 Å². The molecule has 0 atom stereocenters. The molecule has 0 amide bonds. The van der Waals surface area contributed by atoms with Crippen LogP contribution in [-0.4, -0.2) is 6.54 Å². The number of fused-ring (bicyclic) bond motifs is 1. The van der Waals surface area contributed by atoms with Crippen LogP contribution in [0, 0.1) is 12.8 Å². The monoisotopic (exact) mass is 251 g/mol. The third-order valence-corrected chi connectivity index (χ3v) is 3.00. The molecule has 0 saturated carbocycles. The largest absolute Gasteiger partial charge is 0.462 e. The van der Waals surface area contributed by atoms with E-state index >= 15 is 0 Å². The molecular formula is C14H18ClNO. The Morgan fingerprint density at radius 1 is 1.35 bits per heavy atom. The SMILES string of the molecule is Cc1cc(Cl)c2occ(CNCC(C)C)c2c1. The van der Waals surface area contributed by atoms with Gasteiger partial charge < -0.3 is 9.73 Å². The predicted molar refractivity (Wildman–Crippen MR) is 72.5 cm³/mol. The second-order valence-corrected chi connectivity index (χ2v) is 5.32. The van der Waals surface area contributed by atoms with Crippen LogP contribution >= 0.6 is 11.6 Å². The summed E-state index contributed by atoms with van der Waals surface area (Å²) in [5, 5.41) is 5.22. The molecule has 0 aliphatic heterocycles. The van der Waals surface area contributed by atoms with E-state index in [1.54, 1.807) is 6.26 Å². The molecule has 1 N–H and O–H groups in total. The van der Waals surface area contributed by atoms with Crippen molar-refractivity contribution in [3.63, 3.8) is 0 Å². The fraction of sp³-hybridized carbons (Fsp3) is 0.429. The van der Waals surface area contributed by atoms with Crippen LogP contribution < -0.4 is 5.32 Å². The molecule has 0 fully saturated rings. The Bertz CT molecular complexity index is 516. The summed E-state index contributed by atoms with van der Waals surface area (Å²) < 4.78 is 5.52. The smallest absolute Gasteiger partial charge is 0.152 e. The summed E-state index contributed by atoms with van der Waals surface area (Å²) in [6.45, 7) is 8.27. The summed E-state index contributed by atoms with van der Waals surface area (Å²) in [4.78, 5) is 0. The van der Waals surface area contributed by atoms with Crippen LogP contribution in [0.1, 0.15) is 25.0 Å². The first kappa shape index (κ1) is 12.5. The van der Waals surface area contributed by atoms with E-state index in [1.165, 1.54) is 5.56 Å². The number of halogens is 1. The third kappa shape index (κ3) is 2.82. The third-order valence-electron chi connectivity index (χ3n) is 2.72. The minimum atomic E-state index is 0.651. The maximum Gasteiger partial charge on any atom is 0.152 e. The van der Waals surface area contributed by atoms with Crippen LogP contribution in [0.25, 0.3) is 11.0 Å². The van der Waals surface area contributed by atoms with Crippen LogP contribution in [0.15, 0.2) is 22.8 Å². The minimum absolute atomic E-state index is 0.651. The minimum Gasteiger partial charge on any atom is -0.462 e. The van der Waals surface area contributed by atoms with Gasteiger partial charge in [0.2, 0.25) is 0 Å². The van der Waals surface area contributed by atoms with Gasteiger partial charge in [-0.15, -0.1) is 0 Å². The molecule has 0 saturated heterocycles. The molecule has 92 valence electrons. The molecule has 2 nitrogen and oxygen atoms in total. The average molecular weight is 252 g/mol. The number of nitrogens with one attached hydrogen (secondary N) is 1. The lowest BCUT2D eigenvalue weighted by atomic mass is 10.1. The van der Waals surface area contributed by atoms with E-state index in [9.17, 15) is 0 Å². The summed E-state index contributed by atoms with van der Waals surface area (Å²) in [6.07, 6.45) is 1.79. The zero-order valence-electron chi connectivity index (χ0n) is 10.5. The summed E-state index contributed by atoms with van der Waals surface area (Å²) in [6, 6.07) is 4.05. The Balaban J connectivity index is 2.23. The summed E-state index contributed by atoms with van der Waals surface area (Å²) in [5.41, 5.74) is 3.12. The van der Waals surface area contributed by atoms with Gasteiger partial charge in [0, 0.05) is 17.5 Å². The van der Waals surface area contributed by atoms with Crippen LogP contribution in [0.3, 0.4) is 0 Å². The lowest BCUT2D eigenvalue weighted by Crippen LogP contribution is -2.18. The van der Waals surface area contributed by atoms with Crippen LogP contribution in [0.4, 0.5) is 0 Å². The fourth-order valence-corrected chi connectivity index (χ4v) is 2.23. The average Bonchev–Trinajstić information content (AvgIpc) is 2.61. The molecule has 1 heterocycles. The van der Waals surface area contributed by atoms with E-state index in [0.29, 0.717) is 10.9 Å². The lowest BCUT2D eigenvalue weighted by molar-refractivity contribution is 0.547. The fourth-order valence-electron chi connectivity index (χ4n) is 1.91. The van der Waals surface area contributed by atoms with Gasteiger partial charge >= 0.3 is 0 Å². The molecule has 1 aromatic carbocycles. The lowest BCUT2D eigenvalue weighted by Gasteiger charge is -2.06. The first-order valence-corrected chi connectivity index (χ1v) is 6.32.